The highest BCUT2D eigenvalue weighted by molar-refractivity contribution is 9.10. The summed E-state index contributed by atoms with van der Waals surface area (Å²) in [4.78, 5) is 7.35. The van der Waals surface area contributed by atoms with E-state index >= 15 is 0 Å². The van der Waals surface area contributed by atoms with Crippen molar-refractivity contribution in [1.29, 1.82) is 0 Å². The second kappa shape index (κ2) is 4.35. The Labute approximate surface area is 94.1 Å². The molecule has 0 spiro atoms. The van der Waals surface area contributed by atoms with Crippen molar-refractivity contribution in [2.24, 2.45) is 0 Å². The van der Waals surface area contributed by atoms with Gasteiger partial charge in [0.1, 0.15) is 5.75 Å². The molecule has 2 aromatic rings. The van der Waals surface area contributed by atoms with Crippen LogP contribution in [0.4, 0.5) is 4.39 Å². The number of hydrogen-bond acceptors (Lipinski definition) is 3. The molecule has 1 heterocycles. The van der Waals surface area contributed by atoms with Gasteiger partial charge >= 0.3 is 6.01 Å². The lowest BCUT2D eigenvalue weighted by molar-refractivity contribution is 0.436. The summed E-state index contributed by atoms with van der Waals surface area (Å²) in [5.74, 6) is 0.114. The van der Waals surface area contributed by atoms with Gasteiger partial charge in [0.25, 0.3) is 0 Å². The molecule has 0 saturated heterocycles. The van der Waals surface area contributed by atoms with Gasteiger partial charge in [0.2, 0.25) is 0 Å². The fourth-order valence-corrected chi connectivity index (χ4v) is 1.23. The quantitative estimate of drug-likeness (QED) is 0.839. The summed E-state index contributed by atoms with van der Waals surface area (Å²) in [5, 5.41) is 0. The highest BCUT2D eigenvalue weighted by atomic mass is 79.9. The lowest BCUT2D eigenvalue weighted by Crippen LogP contribution is -1.91. The molecule has 1 aromatic heterocycles. The maximum Gasteiger partial charge on any atom is 0.322 e. The summed E-state index contributed by atoms with van der Waals surface area (Å²) in [6.07, 6.45) is 2.11. The summed E-state index contributed by atoms with van der Waals surface area (Å²) in [7, 11) is 0. The minimum atomic E-state index is -0.488. The molecule has 0 bridgehead atoms. The SMILES string of the molecule is Fc1cnc(Oc2ccc(Br)cc2)nc1. The standard InChI is InChI=1S/C10H6BrFN2O/c11-7-1-3-9(4-2-7)15-10-13-5-8(12)6-14-10/h1-6H. The molecule has 0 fully saturated rings. The Hall–Kier alpha value is -1.49. The first kappa shape index (κ1) is 10.0. The number of nitrogens with zero attached hydrogens (tertiary/aromatic N) is 2. The predicted octanol–water partition coefficient (Wildman–Crippen LogP) is 3.17. The average molecular weight is 269 g/mol. The van der Waals surface area contributed by atoms with Crippen molar-refractivity contribution in [2.75, 3.05) is 0 Å². The summed E-state index contributed by atoms with van der Waals surface area (Å²) >= 11 is 3.30. The van der Waals surface area contributed by atoms with Crippen LogP contribution in [0.2, 0.25) is 0 Å². The molecule has 0 amide bonds. The predicted molar refractivity (Wildman–Crippen MR) is 56.2 cm³/mol. The van der Waals surface area contributed by atoms with Crippen molar-refractivity contribution in [3.63, 3.8) is 0 Å². The first-order chi connectivity index (χ1) is 7.24. The van der Waals surface area contributed by atoms with E-state index in [4.69, 9.17) is 4.74 Å². The van der Waals surface area contributed by atoms with E-state index in [9.17, 15) is 4.39 Å². The first-order valence-corrected chi connectivity index (χ1v) is 4.94. The molecule has 0 saturated carbocycles. The lowest BCUT2D eigenvalue weighted by Gasteiger charge is -2.02. The van der Waals surface area contributed by atoms with E-state index in [1.54, 1.807) is 12.1 Å². The van der Waals surface area contributed by atoms with Crippen LogP contribution in [0.3, 0.4) is 0 Å². The number of aromatic nitrogens is 2. The monoisotopic (exact) mass is 268 g/mol. The van der Waals surface area contributed by atoms with E-state index in [0.717, 1.165) is 16.9 Å². The van der Waals surface area contributed by atoms with Crippen LogP contribution >= 0.6 is 15.9 Å². The fourth-order valence-electron chi connectivity index (χ4n) is 0.961. The molecule has 15 heavy (non-hydrogen) atoms. The molecule has 0 aliphatic rings. The van der Waals surface area contributed by atoms with Crippen LogP contribution in [-0.2, 0) is 0 Å². The van der Waals surface area contributed by atoms with Gasteiger partial charge in [0, 0.05) is 4.47 Å². The second-order valence-corrected chi connectivity index (χ2v) is 3.66. The number of ether oxygens (including phenoxy) is 1. The minimum absolute atomic E-state index is 0.124. The van der Waals surface area contributed by atoms with Crippen LogP contribution in [0, 0.1) is 5.82 Å². The first-order valence-electron chi connectivity index (χ1n) is 4.15. The molecule has 1 aromatic carbocycles. The highest BCUT2D eigenvalue weighted by Gasteiger charge is 2.00. The van der Waals surface area contributed by atoms with Gasteiger partial charge in [-0.3, -0.25) is 0 Å². The fraction of sp³-hybridized carbons (Fsp3) is 0. The topological polar surface area (TPSA) is 35.0 Å². The average Bonchev–Trinajstić information content (AvgIpc) is 2.25. The Bertz CT molecular complexity index is 400. The van der Waals surface area contributed by atoms with E-state index < -0.39 is 5.82 Å². The molecule has 5 heteroatoms. The number of rotatable bonds is 2. The van der Waals surface area contributed by atoms with E-state index in [0.29, 0.717) is 5.75 Å². The largest absolute Gasteiger partial charge is 0.424 e. The molecule has 0 atom stereocenters. The Morgan fingerprint density at radius 1 is 1.07 bits per heavy atom. The van der Waals surface area contributed by atoms with E-state index in [2.05, 4.69) is 25.9 Å². The van der Waals surface area contributed by atoms with Crippen molar-refractivity contribution in [1.82, 2.24) is 9.97 Å². The zero-order chi connectivity index (χ0) is 10.7. The number of benzene rings is 1. The maximum atomic E-state index is 12.5. The van der Waals surface area contributed by atoms with Gasteiger partial charge in [-0.2, -0.15) is 0 Å². The summed E-state index contributed by atoms with van der Waals surface area (Å²) in [6, 6.07) is 7.31. The molecule has 76 valence electrons. The minimum Gasteiger partial charge on any atom is -0.424 e. The van der Waals surface area contributed by atoms with Gasteiger partial charge in [0.05, 0.1) is 12.4 Å². The van der Waals surface area contributed by atoms with Crippen LogP contribution < -0.4 is 4.74 Å². The molecule has 0 aliphatic heterocycles. The van der Waals surface area contributed by atoms with Crippen molar-refractivity contribution in [2.45, 2.75) is 0 Å². The molecule has 3 nitrogen and oxygen atoms in total. The zero-order valence-corrected chi connectivity index (χ0v) is 9.11. The van der Waals surface area contributed by atoms with Crippen molar-refractivity contribution < 1.29 is 9.13 Å². The molecule has 0 aliphatic carbocycles. The third-order valence-electron chi connectivity index (χ3n) is 1.62. The molecular weight excluding hydrogens is 263 g/mol. The van der Waals surface area contributed by atoms with Gasteiger partial charge in [-0.05, 0) is 24.3 Å². The van der Waals surface area contributed by atoms with Crippen molar-refractivity contribution in [3.8, 4) is 11.8 Å². The molecule has 2 rings (SSSR count). The lowest BCUT2D eigenvalue weighted by atomic mass is 10.3. The van der Waals surface area contributed by atoms with Gasteiger partial charge in [0.15, 0.2) is 5.82 Å². The Morgan fingerprint density at radius 2 is 1.67 bits per heavy atom. The second-order valence-electron chi connectivity index (χ2n) is 2.74. The Morgan fingerprint density at radius 3 is 2.27 bits per heavy atom. The van der Waals surface area contributed by atoms with Crippen LogP contribution in [0.1, 0.15) is 0 Å². The molecule has 0 unspecified atom stereocenters. The van der Waals surface area contributed by atoms with Gasteiger partial charge < -0.3 is 4.74 Å². The zero-order valence-electron chi connectivity index (χ0n) is 7.52. The number of halogens is 2. The number of hydrogen-bond donors (Lipinski definition) is 0. The van der Waals surface area contributed by atoms with E-state index in [-0.39, 0.29) is 6.01 Å². The van der Waals surface area contributed by atoms with Crippen LogP contribution in [0.5, 0.6) is 11.8 Å². The molecule has 0 N–H and O–H groups in total. The highest BCUT2D eigenvalue weighted by Crippen LogP contribution is 2.19. The van der Waals surface area contributed by atoms with Crippen LogP contribution in [0.25, 0.3) is 0 Å². The third kappa shape index (κ3) is 2.73. The molecule has 0 radical (unpaired) electrons. The van der Waals surface area contributed by atoms with Crippen LogP contribution in [0.15, 0.2) is 41.1 Å². The van der Waals surface area contributed by atoms with Gasteiger partial charge in [-0.25, -0.2) is 14.4 Å². The van der Waals surface area contributed by atoms with Gasteiger partial charge in [-0.1, -0.05) is 15.9 Å². The summed E-state index contributed by atoms with van der Waals surface area (Å²) < 4.78 is 18.7. The third-order valence-corrected chi connectivity index (χ3v) is 2.15. The summed E-state index contributed by atoms with van der Waals surface area (Å²) in [6.45, 7) is 0. The van der Waals surface area contributed by atoms with Crippen molar-refractivity contribution in [3.05, 3.63) is 46.9 Å². The molecular formula is C10H6BrFN2O. The van der Waals surface area contributed by atoms with Crippen molar-refractivity contribution >= 4 is 15.9 Å². The smallest absolute Gasteiger partial charge is 0.322 e. The van der Waals surface area contributed by atoms with Gasteiger partial charge in [-0.15, -0.1) is 0 Å². The van der Waals surface area contributed by atoms with Crippen LogP contribution in [-0.4, -0.2) is 9.97 Å². The normalized spacial score (nSPS) is 10.0. The van der Waals surface area contributed by atoms with E-state index in [1.165, 1.54) is 0 Å². The Kier molecular flexibility index (Phi) is 2.91. The summed E-state index contributed by atoms with van der Waals surface area (Å²) in [5.41, 5.74) is 0. The Balaban J connectivity index is 2.15. The van der Waals surface area contributed by atoms with E-state index in [1.807, 2.05) is 12.1 Å². The maximum absolute atomic E-state index is 12.5.